The number of aryl methyl sites for hydroxylation is 1. The highest BCUT2D eigenvalue weighted by Gasteiger charge is 2.15. The van der Waals surface area contributed by atoms with Gasteiger partial charge in [0.15, 0.2) is 0 Å². The van der Waals surface area contributed by atoms with Gasteiger partial charge in [0.25, 0.3) is 5.56 Å². The van der Waals surface area contributed by atoms with Crippen molar-refractivity contribution in [3.8, 4) is 6.07 Å². The van der Waals surface area contributed by atoms with Crippen molar-refractivity contribution in [3.63, 3.8) is 0 Å². The molecule has 124 valence electrons. The zero-order valence-electron chi connectivity index (χ0n) is 13.6. The molecular weight excluding hydrogens is 328 g/mol. The Bertz CT molecular complexity index is 883. The van der Waals surface area contributed by atoms with E-state index in [2.05, 4.69) is 10.4 Å². The maximum Gasteiger partial charge on any atom is 0.285 e. The summed E-state index contributed by atoms with van der Waals surface area (Å²) in [4.78, 5) is 24.4. The maximum absolute atomic E-state index is 12.2. The van der Waals surface area contributed by atoms with Crippen molar-refractivity contribution in [2.75, 3.05) is 0 Å². The van der Waals surface area contributed by atoms with Crippen LogP contribution in [0.15, 0.2) is 29.1 Å². The van der Waals surface area contributed by atoms with E-state index in [1.165, 1.54) is 0 Å². The molecule has 1 amide bonds. The van der Waals surface area contributed by atoms with Gasteiger partial charge in [-0.2, -0.15) is 10.4 Å². The molecule has 0 spiro atoms. The smallest absolute Gasteiger partial charge is 0.285 e. The first-order valence-electron chi connectivity index (χ1n) is 7.36. The second kappa shape index (κ2) is 7.28. The number of rotatable bonds is 4. The molecule has 0 unspecified atom stereocenters. The van der Waals surface area contributed by atoms with E-state index in [-0.39, 0.29) is 24.1 Å². The lowest BCUT2D eigenvalue weighted by Gasteiger charge is -2.15. The molecule has 1 aromatic heterocycles. The predicted octanol–water partition coefficient (Wildman–Crippen LogP) is 2.26. The van der Waals surface area contributed by atoms with Crippen molar-refractivity contribution < 1.29 is 4.79 Å². The maximum atomic E-state index is 12.2. The van der Waals surface area contributed by atoms with Crippen LogP contribution < -0.4 is 10.9 Å². The van der Waals surface area contributed by atoms with Gasteiger partial charge in [0.2, 0.25) is 5.91 Å². The van der Waals surface area contributed by atoms with Crippen molar-refractivity contribution >= 4 is 17.5 Å². The van der Waals surface area contributed by atoms with Gasteiger partial charge in [-0.05, 0) is 44.0 Å². The molecule has 2 aromatic rings. The minimum atomic E-state index is -0.564. The first-order valence-corrected chi connectivity index (χ1v) is 7.74. The van der Waals surface area contributed by atoms with Crippen LogP contribution >= 0.6 is 11.6 Å². The number of carbonyl (C=O) groups is 1. The quantitative estimate of drug-likeness (QED) is 0.921. The lowest BCUT2D eigenvalue weighted by molar-refractivity contribution is -0.122. The van der Waals surface area contributed by atoms with Gasteiger partial charge in [0.05, 0.1) is 11.7 Å². The van der Waals surface area contributed by atoms with Crippen LogP contribution in [0, 0.1) is 25.2 Å². The molecular formula is C17H17ClN4O2. The van der Waals surface area contributed by atoms with Crippen molar-refractivity contribution in [3.05, 3.63) is 62.0 Å². The Morgan fingerprint density at radius 3 is 2.79 bits per heavy atom. The SMILES string of the molecule is Cc1nn(CC(=O)N[C@@H](C)c2cccc(Cl)c2)c(=O)c(C#N)c1C. The number of carbonyl (C=O) groups excluding carboxylic acids is 1. The molecule has 0 aliphatic heterocycles. The van der Waals surface area contributed by atoms with E-state index in [9.17, 15) is 9.59 Å². The molecule has 2 rings (SSSR count). The van der Waals surface area contributed by atoms with E-state index >= 15 is 0 Å². The van der Waals surface area contributed by atoms with Crippen molar-refractivity contribution in [1.82, 2.24) is 15.1 Å². The van der Waals surface area contributed by atoms with Gasteiger partial charge in [-0.1, -0.05) is 23.7 Å². The summed E-state index contributed by atoms with van der Waals surface area (Å²) in [5, 5.41) is 16.6. The van der Waals surface area contributed by atoms with Gasteiger partial charge in [-0.3, -0.25) is 9.59 Å². The zero-order chi connectivity index (χ0) is 17.9. The van der Waals surface area contributed by atoms with Crippen LogP contribution in [0.4, 0.5) is 0 Å². The zero-order valence-corrected chi connectivity index (χ0v) is 14.4. The van der Waals surface area contributed by atoms with Crippen LogP contribution in [0.25, 0.3) is 0 Å². The van der Waals surface area contributed by atoms with Gasteiger partial charge in [-0.25, -0.2) is 4.68 Å². The number of nitrogens with zero attached hydrogens (tertiary/aromatic N) is 3. The Balaban J connectivity index is 2.18. The summed E-state index contributed by atoms with van der Waals surface area (Å²) in [5.74, 6) is -0.371. The number of aromatic nitrogens is 2. The highest BCUT2D eigenvalue weighted by Crippen LogP contribution is 2.17. The van der Waals surface area contributed by atoms with Crippen LogP contribution in [0.2, 0.25) is 5.02 Å². The lowest BCUT2D eigenvalue weighted by Crippen LogP contribution is -2.36. The molecule has 0 bridgehead atoms. The molecule has 0 fully saturated rings. The number of nitrogens with one attached hydrogen (secondary N) is 1. The Kier molecular flexibility index (Phi) is 5.37. The van der Waals surface area contributed by atoms with Gasteiger partial charge < -0.3 is 5.32 Å². The standard InChI is InChI=1S/C17H17ClN4O2/c1-10-11(2)21-22(17(24)15(10)8-19)9-16(23)20-12(3)13-5-4-6-14(18)7-13/h4-7,12H,9H2,1-3H3,(H,20,23)/t12-/m0/s1. The molecule has 0 aliphatic rings. The average molecular weight is 345 g/mol. The van der Waals surface area contributed by atoms with E-state index < -0.39 is 5.56 Å². The van der Waals surface area contributed by atoms with Crippen molar-refractivity contribution in [2.24, 2.45) is 0 Å². The molecule has 0 saturated heterocycles. The summed E-state index contributed by atoms with van der Waals surface area (Å²) in [7, 11) is 0. The average Bonchev–Trinajstić information content (AvgIpc) is 2.53. The minimum absolute atomic E-state index is 0.0122. The van der Waals surface area contributed by atoms with Gasteiger partial charge >= 0.3 is 0 Å². The monoisotopic (exact) mass is 344 g/mol. The summed E-state index contributed by atoms with van der Waals surface area (Å²) in [6.45, 7) is 4.92. The van der Waals surface area contributed by atoms with E-state index in [0.29, 0.717) is 16.3 Å². The minimum Gasteiger partial charge on any atom is -0.348 e. The Morgan fingerprint density at radius 2 is 2.17 bits per heavy atom. The van der Waals surface area contributed by atoms with Crippen LogP contribution in [0.3, 0.4) is 0 Å². The van der Waals surface area contributed by atoms with Gasteiger partial charge in [0, 0.05) is 5.02 Å². The molecule has 0 radical (unpaired) electrons. The fraction of sp³-hybridized carbons (Fsp3) is 0.294. The lowest BCUT2D eigenvalue weighted by atomic mass is 10.1. The van der Waals surface area contributed by atoms with E-state index in [1.54, 1.807) is 32.0 Å². The number of hydrogen-bond acceptors (Lipinski definition) is 4. The van der Waals surface area contributed by atoms with Crippen molar-refractivity contribution in [2.45, 2.75) is 33.4 Å². The molecule has 24 heavy (non-hydrogen) atoms. The summed E-state index contributed by atoms with van der Waals surface area (Å²) >= 11 is 5.94. The number of hydrogen-bond donors (Lipinski definition) is 1. The first-order chi connectivity index (χ1) is 11.3. The molecule has 0 aliphatic carbocycles. The van der Waals surface area contributed by atoms with E-state index in [0.717, 1.165) is 10.2 Å². The number of nitriles is 1. The number of halogens is 1. The fourth-order valence-electron chi connectivity index (χ4n) is 2.29. The van der Waals surface area contributed by atoms with Crippen LogP contribution in [-0.2, 0) is 11.3 Å². The fourth-order valence-corrected chi connectivity index (χ4v) is 2.49. The highest BCUT2D eigenvalue weighted by molar-refractivity contribution is 6.30. The largest absolute Gasteiger partial charge is 0.348 e. The first kappa shape index (κ1) is 17.7. The molecule has 1 N–H and O–H groups in total. The van der Waals surface area contributed by atoms with Crippen molar-refractivity contribution in [1.29, 1.82) is 5.26 Å². The molecule has 1 aromatic carbocycles. The Hall–Kier alpha value is -2.65. The van der Waals surface area contributed by atoms with Gasteiger partial charge in [-0.15, -0.1) is 0 Å². The molecule has 6 nitrogen and oxygen atoms in total. The van der Waals surface area contributed by atoms with Crippen LogP contribution in [-0.4, -0.2) is 15.7 Å². The third-order valence-corrected chi connectivity index (χ3v) is 4.00. The number of amides is 1. The predicted molar refractivity (Wildman–Crippen MR) is 90.7 cm³/mol. The van der Waals surface area contributed by atoms with Crippen LogP contribution in [0.1, 0.15) is 35.3 Å². The van der Waals surface area contributed by atoms with E-state index in [4.69, 9.17) is 16.9 Å². The third-order valence-electron chi connectivity index (χ3n) is 3.77. The normalized spacial score (nSPS) is 11.6. The second-order valence-corrected chi connectivity index (χ2v) is 5.94. The Labute approximate surface area is 144 Å². The second-order valence-electron chi connectivity index (χ2n) is 5.50. The van der Waals surface area contributed by atoms with E-state index in [1.807, 2.05) is 19.1 Å². The molecule has 0 saturated carbocycles. The highest BCUT2D eigenvalue weighted by atomic mass is 35.5. The third kappa shape index (κ3) is 3.81. The molecule has 7 heteroatoms. The number of benzene rings is 1. The summed E-state index contributed by atoms with van der Waals surface area (Å²) < 4.78 is 1.01. The summed E-state index contributed by atoms with van der Waals surface area (Å²) in [6.07, 6.45) is 0. The molecule has 1 atom stereocenters. The topological polar surface area (TPSA) is 87.8 Å². The molecule has 1 heterocycles. The summed E-state index contributed by atoms with van der Waals surface area (Å²) in [5.41, 5.74) is 1.38. The van der Waals surface area contributed by atoms with Gasteiger partial charge in [0.1, 0.15) is 18.2 Å². The summed E-state index contributed by atoms with van der Waals surface area (Å²) in [6, 6.07) is 8.77. The Morgan fingerprint density at radius 1 is 1.46 bits per heavy atom. The van der Waals surface area contributed by atoms with Crippen LogP contribution in [0.5, 0.6) is 0 Å².